The third-order valence-electron chi connectivity index (χ3n) is 6.41. The van der Waals surface area contributed by atoms with Crippen molar-refractivity contribution in [3.63, 3.8) is 0 Å². The number of nitrogens with zero attached hydrogens (tertiary/aromatic N) is 1. The number of ether oxygens (including phenoxy) is 2. The average molecular weight is 489 g/mol. The molecule has 0 aliphatic carbocycles. The molecule has 3 amide bonds. The van der Waals surface area contributed by atoms with E-state index in [0.717, 1.165) is 11.1 Å². The van der Waals surface area contributed by atoms with Crippen molar-refractivity contribution in [1.82, 2.24) is 10.3 Å². The Morgan fingerprint density at radius 3 is 2.64 bits per heavy atom. The first-order chi connectivity index (χ1) is 17.6. The summed E-state index contributed by atoms with van der Waals surface area (Å²) in [6, 6.07) is 18.1. The molecule has 3 aromatic rings. The van der Waals surface area contributed by atoms with Crippen LogP contribution >= 0.6 is 0 Å². The van der Waals surface area contributed by atoms with Crippen LogP contribution in [-0.2, 0) is 16.1 Å². The number of hydrogen-bond donors (Lipinski definition) is 4. The van der Waals surface area contributed by atoms with Gasteiger partial charge in [-0.2, -0.15) is 0 Å². The summed E-state index contributed by atoms with van der Waals surface area (Å²) in [6.07, 6.45) is 2.86. The summed E-state index contributed by atoms with van der Waals surface area (Å²) in [7, 11) is 0. The second kappa shape index (κ2) is 10.8. The van der Waals surface area contributed by atoms with Gasteiger partial charge in [0, 0.05) is 41.8 Å². The molecule has 0 bridgehead atoms. The van der Waals surface area contributed by atoms with Gasteiger partial charge in [0.05, 0.1) is 19.1 Å². The van der Waals surface area contributed by atoms with Crippen LogP contribution in [0, 0.1) is 0 Å². The van der Waals surface area contributed by atoms with Gasteiger partial charge in [0.25, 0.3) is 0 Å². The van der Waals surface area contributed by atoms with Crippen LogP contribution < -0.4 is 20.7 Å². The standard InChI is InChI=1S/C27H28N4O5/c32-16-24-26-22(12-20(35-24)13-25(33)29-15-17-5-4-10-28-14-17)21-11-19(8-9-23(21)36-26)31-27(34)30-18-6-2-1-3-7-18/h1-11,14,20,22,24,26,32H,12-13,15-16H2,(H,29,33)(H2,30,31,34)/t20-,22-,24+,26+/m0/s1. The third kappa shape index (κ3) is 5.48. The third-order valence-corrected chi connectivity index (χ3v) is 6.41. The maximum atomic E-state index is 12.6. The van der Waals surface area contributed by atoms with Gasteiger partial charge in [0.15, 0.2) is 0 Å². The van der Waals surface area contributed by atoms with Crippen molar-refractivity contribution in [3.05, 3.63) is 84.2 Å². The zero-order chi connectivity index (χ0) is 24.9. The van der Waals surface area contributed by atoms with E-state index in [0.29, 0.717) is 30.1 Å². The zero-order valence-corrected chi connectivity index (χ0v) is 19.6. The normalized spacial score (nSPS) is 22.0. The SMILES string of the molecule is O=C(C[C@@H]1C[C@H]2c3cc(NC(=O)Nc4ccccc4)ccc3O[C@H]2[C@@H](CO)O1)NCc1cccnc1. The van der Waals surface area contributed by atoms with Gasteiger partial charge in [-0.3, -0.25) is 9.78 Å². The van der Waals surface area contributed by atoms with Gasteiger partial charge in [-0.25, -0.2) is 4.79 Å². The number of hydrogen-bond acceptors (Lipinski definition) is 6. The molecule has 2 aliphatic rings. The molecule has 4 atom stereocenters. The number of aliphatic hydroxyl groups excluding tert-OH is 1. The Bertz CT molecular complexity index is 1210. The Labute approximate surface area is 208 Å². The lowest BCUT2D eigenvalue weighted by atomic mass is 9.84. The topological polar surface area (TPSA) is 122 Å². The summed E-state index contributed by atoms with van der Waals surface area (Å²) >= 11 is 0. The van der Waals surface area contributed by atoms with Crippen LogP contribution in [0.25, 0.3) is 0 Å². The summed E-state index contributed by atoms with van der Waals surface area (Å²) in [5.41, 5.74) is 3.17. The molecular formula is C27H28N4O5. The van der Waals surface area contributed by atoms with E-state index in [2.05, 4.69) is 20.9 Å². The molecule has 5 rings (SSSR count). The van der Waals surface area contributed by atoms with E-state index in [1.165, 1.54) is 0 Å². The number of nitrogens with one attached hydrogen (secondary N) is 3. The van der Waals surface area contributed by atoms with Crippen LogP contribution in [0.3, 0.4) is 0 Å². The lowest BCUT2D eigenvalue weighted by Crippen LogP contribution is -2.47. The molecule has 3 heterocycles. The van der Waals surface area contributed by atoms with E-state index in [-0.39, 0.29) is 43.1 Å². The Morgan fingerprint density at radius 1 is 1.03 bits per heavy atom. The number of aliphatic hydroxyl groups is 1. The molecule has 186 valence electrons. The highest BCUT2D eigenvalue weighted by Gasteiger charge is 2.46. The number of aromatic nitrogens is 1. The molecule has 4 N–H and O–H groups in total. The molecule has 9 nitrogen and oxygen atoms in total. The Morgan fingerprint density at radius 2 is 1.86 bits per heavy atom. The number of benzene rings is 2. The summed E-state index contributed by atoms with van der Waals surface area (Å²) in [5.74, 6) is 0.495. The molecule has 0 saturated carbocycles. The van der Waals surface area contributed by atoms with E-state index in [1.54, 1.807) is 18.5 Å². The Hall–Kier alpha value is -3.95. The number of pyridine rings is 1. The minimum atomic E-state index is -0.551. The number of para-hydroxylation sites is 1. The van der Waals surface area contributed by atoms with Crippen LogP contribution in [0.1, 0.15) is 29.9 Å². The second-order valence-corrected chi connectivity index (χ2v) is 8.94. The van der Waals surface area contributed by atoms with Crippen molar-refractivity contribution in [2.45, 2.75) is 43.6 Å². The van der Waals surface area contributed by atoms with Gasteiger partial charge < -0.3 is 30.5 Å². The number of carbonyl (C=O) groups excluding carboxylic acids is 2. The van der Waals surface area contributed by atoms with Gasteiger partial charge in [-0.05, 0) is 48.4 Å². The van der Waals surface area contributed by atoms with Crippen molar-refractivity contribution in [3.8, 4) is 5.75 Å². The largest absolute Gasteiger partial charge is 0.487 e. The maximum absolute atomic E-state index is 12.6. The van der Waals surface area contributed by atoms with Crippen molar-refractivity contribution in [1.29, 1.82) is 0 Å². The average Bonchev–Trinajstić information content (AvgIpc) is 3.26. The minimum absolute atomic E-state index is 0.0686. The maximum Gasteiger partial charge on any atom is 0.323 e. The summed E-state index contributed by atoms with van der Waals surface area (Å²) in [5, 5.41) is 18.5. The monoisotopic (exact) mass is 488 g/mol. The Kier molecular flexibility index (Phi) is 7.11. The number of anilines is 2. The van der Waals surface area contributed by atoms with Crippen molar-refractivity contribution >= 4 is 23.3 Å². The lowest BCUT2D eigenvalue weighted by molar-refractivity contribution is -0.142. The molecule has 0 unspecified atom stereocenters. The number of rotatable bonds is 7. The lowest BCUT2D eigenvalue weighted by Gasteiger charge is -2.37. The Balaban J connectivity index is 1.24. The number of carbonyl (C=O) groups is 2. The molecule has 1 saturated heterocycles. The van der Waals surface area contributed by atoms with E-state index in [1.807, 2.05) is 54.6 Å². The van der Waals surface area contributed by atoms with Crippen LogP contribution in [-0.4, -0.2) is 46.9 Å². The summed E-state index contributed by atoms with van der Waals surface area (Å²) < 4.78 is 12.1. The van der Waals surface area contributed by atoms with Crippen molar-refractivity contribution in [2.75, 3.05) is 17.2 Å². The molecular weight excluding hydrogens is 460 g/mol. The summed E-state index contributed by atoms with van der Waals surface area (Å²) in [6.45, 7) is 0.175. The van der Waals surface area contributed by atoms with E-state index < -0.39 is 6.10 Å². The highest BCUT2D eigenvalue weighted by molar-refractivity contribution is 5.99. The van der Waals surface area contributed by atoms with Gasteiger partial charge in [-0.15, -0.1) is 0 Å². The molecule has 1 fully saturated rings. The number of fused-ring (bicyclic) bond motifs is 3. The molecule has 9 heteroatoms. The fourth-order valence-electron chi connectivity index (χ4n) is 4.76. The number of urea groups is 1. The van der Waals surface area contributed by atoms with Gasteiger partial charge in [0.1, 0.15) is 18.0 Å². The van der Waals surface area contributed by atoms with Gasteiger partial charge in [0.2, 0.25) is 5.91 Å². The smallest absolute Gasteiger partial charge is 0.323 e. The minimum Gasteiger partial charge on any atom is -0.487 e. The van der Waals surface area contributed by atoms with Crippen molar-refractivity contribution in [2.24, 2.45) is 0 Å². The van der Waals surface area contributed by atoms with Crippen LogP contribution in [0.5, 0.6) is 5.75 Å². The quantitative estimate of drug-likeness (QED) is 0.404. The van der Waals surface area contributed by atoms with Gasteiger partial charge >= 0.3 is 6.03 Å². The predicted molar refractivity (Wildman–Crippen MR) is 134 cm³/mol. The van der Waals surface area contributed by atoms with Crippen molar-refractivity contribution < 1.29 is 24.2 Å². The zero-order valence-electron chi connectivity index (χ0n) is 19.6. The fraction of sp³-hybridized carbons (Fsp3) is 0.296. The van der Waals surface area contributed by atoms with Crippen LogP contribution in [0.4, 0.5) is 16.2 Å². The molecule has 0 spiro atoms. The van der Waals surface area contributed by atoms with E-state index >= 15 is 0 Å². The highest BCUT2D eigenvalue weighted by atomic mass is 16.6. The first-order valence-electron chi connectivity index (χ1n) is 11.9. The predicted octanol–water partition coefficient (Wildman–Crippen LogP) is 3.43. The fourth-order valence-corrected chi connectivity index (χ4v) is 4.76. The molecule has 36 heavy (non-hydrogen) atoms. The molecule has 0 radical (unpaired) electrons. The van der Waals surface area contributed by atoms with Crippen LogP contribution in [0.15, 0.2) is 73.1 Å². The summed E-state index contributed by atoms with van der Waals surface area (Å²) in [4.78, 5) is 29.1. The van der Waals surface area contributed by atoms with E-state index in [9.17, 15) is 14.7 Å². The molecule has 1 aromatic heterocycles. The molecule has 2 aromatic carbocycles. The van der Waals surface area contributed by atoms with E-state index in [4.69, 9.17) is 9.47 Å². The van der Waals surface area contributed by atoms with Gasteiger partial charge in [-0.1, -0.05) is 24.3 Å². The highest BCUT2D eigenvalue weighted by Crippen LogP contribution is 2.47. The first-order valence-corrected chi connectivity index (χ1v) is 11.9. The number of amides is 3. The molecule has 2 aliphatic heterocycles. The second-order valence-electron chi connectivity index (χ2n) is 8.94. The first kappa shape index (κ1) is 23.8. The van der Waals surface area contributed by atoms with Crippen LogP contribution in [0.2, 0.25) is 0 Å².